The molecule has 3 N–H and O–H groups in total. The van der Waals surface area contributed by atoms with Crippen molar-refractivity contribution < 1.29 is 14.3 Å². The lowest BCUT2D eigenvalue weighted by Crippen LogP contribution is -2.23. The fraction of sp³-hybridized carbons (Fsp3) is 0.300. The van der Waals surface area contributed by atoms with Crippen molar-refractivity contribution in [1.29, 1.82) is 0 Å². The van der Waals surface area contributed by atoms with Crippen molar-refractivity contribution in [2.24, 2.45) is 0 Å². The van der Waals surface area contributed by atoms with E-state index in [9.17, 15) is 14.4 Å². The van der Waals surface area contributed by atoms with Crippen LogP contribution in [0.4, 0.5) is 5.69 Å². The number of carbonyl (C=O) groups excluding carboxylic acids is 1. The number of H-pyrrole nitrogens is 2. The smallest absolute Gasteiger partial charge is 0.327 e. The van der Waals surface area contributed by atoms with Crippen molar-refractivity contribution >= 4 is 22.6 Å². The lowest BCUT2D eigenvalue weighted by atomic mass is 10.2. The zero-order valence-corrected chi connectivity index (χ0v) is 15.8. The van der Waals surface area contributed by atoms with E-state index in [-0.39, 0.29) is 22.7 Å². The first-order valence-electron chi connectivity index (χ1n) is 9.32. The SMILES string of the molecule is COc1ccc(NC(=O)c2cnc3[nH]c(=O)[nH]c(=O)c3c2)cc1OC1CCCC1. The molecule has 0 aliphatic heterocycles. The molecule has 0 saturated heterocycles. The topological polar surface area (TPSA) is 126 Å². The van der Waals surface area contributed by atoms with E-state index >= 15 is 0 Å². The molecular formula is C20H20N4O5. The molecule has 29 heavy (non-hydrogen) atoms. The molecule has 2 aromatic heterocycles. The Morgan fingerprint density at radius 3 is 2.69 bits per heavy atom. The predicted molar refractivity (Wildman–Crippen MR) is 107 cm³/mol. The van der Waals surface area contributed by atoms with E-state index in [1.807, 2.05) is 0 Å². The zero-order valence-electron chi connectivity index (χ0n) is 15.8. The number of benzene rings is 1. The molecule has 1 aliphatic rings. The fourth-order valence-corrected chi connectivity index (χ4v) is 3.41. The number of carbonyl (C=O) groups is 1. The van der Waals surface area contributed by atoms with E-state index in [1.165, 1.54) is 12.3 Å². The van der Waals surface area contributed by atoms with Crippen LogP contribution in [0.25, 0.3) is 11.0 Å². The Morgan fingerprint density at radius 2 is 1.93 bits per heavy atom. The number of methoxy groups -OCH3 is 1. The number of nitrogens with one attached hydrogen (secondary N) is 3. The molecule has 0 radical (unpaired) electrons. The van der Waals surface area contributed by atoms with Gasteiger partial charge >= 0.3 is 5.69 Å². The summed E-state index contributed by atoms with van der Waals surface area (Å²) in [4.78, 5) is 44.4. The predicted octanol–water partition coefficient (Wildman–Crippen LogP) is 2.19. The van der Waals surface area contributed by atoms with Crippen molar-refractivity contribution in [2.75, 3.05) is 12.4 Å². The van der Waals surface area contributed by atoms with E-state index in [4.69, 9.17) is 9.47 Å². The number of rotatable bonds is 5. The molecule has 1 amide bonds. The van der Waals surface area contributed by atoms with E-state index in [0.717, 1.165) is 25.7 Å². The number of aromatic amines is 2. The van der Waals surface area contributed by atoms with Gasteiger partial charge in [0, 0.05) is 18.0 Å². The Hall–Kier alpha value is -3.62. The fourth-order valence-electron chi connectivity index (χ4n) is 3.41. The summed E-state index contributed by atoms with van der Waals surface area (Å²) < 4.78 is 11.4. The molecular weight excluding hydrogens is 376 g/mol. The second-order valence-corrected chi connectivity index (χ2v) is 6.87. The average molecular weight is 396 g/mol. The monoisotopic (exact) mass is 396 g/mol. The molecule has 9 heteroatoms. The summed E-state index contributed by atoms with van der Waals surface area (Å²) in [5.74, 6) is 0.725. The van der Waals surface area contributed by atoms with Gasteiger partial charge in [-0.15, -0.1) is 0 Å². The van der Waals surface area contributed by atoms with Gasteiger partial charge in [-0.2, -0.15) is 0 Å². The molecule has 0 unspecified atom stereocenters. The van der Waals surface area contributed by atoms with Gasteiger partial charge in [0.2, 0.25) is 0 Å². The third-order valence-corrected chi connectivity index (χ3v) is 4.87. The van der Waals surface area contributed by atoms with Crippen LogP contribution in [0.15, 0.2) is 40.1 Å². The minimum Gasteiger partial charge on any atom is -0.493 e. The minimum absolute atomic E-state index is 0.118. The van der Waals surface area contributed by atoms with Crippen LogP contribution in [0, 0.1) is 0 Å². The Labute approximate surface area is 165 Å². The van der Waals surface area contributed by atoms with Crippen LogP contribution < -0.4 is 26.0 Å². The van der Waals surface area contributed by atoms with Crippen LogP contribution >= 0.6 is 0 Å². The van der Waals surface area contributed by atoms with Crippen LogP contribution in [-0.4, -0.2) is 34.1 Å². The molecule has 150 valence electrons. The first kappa shape index (κ1) is 18.7. The molecule has 1 fully saturated rings. The number of fused-ring (bicyclic) bond motifs is 1. The third-order valence-electron chi connectivity index (χ3n) is 4.87. The van der Waals surface area contributed by atoms with Gasteiger partial charge in [-0.3, -0.25) is 19.6 Å². The van der Waals surface area contributed by atoms with Gasteiger partial charge in [-0.25, -0.2) is 9.78 Å². The zero-order chi connectivity index (χ0) is 20.4. The number of pyridine rings is 1. The number of aromatic nitrogens is 3. The van der Waals surface area contributed by atoms with Gasteiger partial charge in [0.1, 0.15) is 5.65 Å². The number of ether oxygens (including phenoxy) is 2. The first-order valence-corrected chi connectivity index (χ1v) is 9.32. The second-order valence-electron chi connectivity index (χ2n) is 6.87. The molecule has 0 spiro atoms. The van der Waals surface area contributed by atoms with Crippen molar-refractivity contribution in [1.82, 2.24) is 15.0 Å². The number of hydrogen-bond donors (Lipinski definition) is 3. The van der Waals surface area contributed by atoms with Crippen molar-refractivity contribution in [3.05, 3.63) is 56.9 Å². The second kappa shape index (κ2) is 7.78. The van der Waals surface area contributed by atoms with Crippen molar-refractivity contribution in [3.8, 4) is 11.5 Å². The molecule has 9 nitrogen and oxygen atoms in total. The highest BCUT2D eigenvalue weighted by molar-refractivity contribution is 6.05. The Bertz CT molecular complexity index is 1180. The van der Waals surface area contributed by atoms with Crippen LogP contribution in [0.5, 0.6) is 11.5 Å². The maximum atomic E-state index is 12.6. The quantitative estimate of drug-likeness (QED) is 0.607. The van der Waals surface area contributed by atoms with Gasteiger partial charge < -0.3 is 14.8 Å². The van der Waals surface area contributed by atoms with E-state index < -0.39 is 17.2 Å². The molecule has 1 aliphatic carbocycles. The minimum atomic E-state index is -0.653. The summed E-state index contributed by atoms with van der Waals surface area (Å²) in [6.07, 6.45) is 5.73. The van der Waals surface area contributed by atoms with Gasteiger partial charge in [-0.05, 0) is 43.9 Å². The van der Waals surface area contributed by atoms with Crippen LogP contribution in [0.2, 0.25) is 0 Å². The normalized spacial score (nSPS) is 14.1. The molecule has 1 saturated carbocycles. The highest BCUT2D eigenvalue weighted by Gasteiger charge is 2.19. The number of anilines is 1. The van der Waals surface area contributed by atoms with Gasteiger partial charge in [0.15, 0.2) is 11.5 Å². The largest absolute Gasteiger partial charge is 0.493 e. The summed E-state index contributed by atoms with van der Waals surface area (Å²) in [7, 11) is 1.57. The molecule has 2 heterocycles. The Morgan fingerprint density at radius 1 is 1.14 bits per heavy atom. The van der Waals surface area contributed by atoms with E-state index in [1.54, 1.807) is 25.3 Å². The summed E-state index contributed by atoms with van der Waals surface area (Å²) >= 11 is 0. The number of amides is 1. The summed E-state index contributed by atoms with van der Waals surface area (Å²) in [5, 5.41) is 2.89. The van der Waals surface area contributed by atoms with Crippen LogP contribution in [-0.2, 0) is 0 Å². The average Bonchev–Trinajstić information content (AvgIpc) is 3.21. The maximum absolute atomic E-state index is 12.6. The molecule has 0 bridgehead atoms. The summed E-state index contributed by atoms with van der Waals surface area (Å²) in [6, 6.07) is 6.53. The Kier molecular flexibility index (Phi) is 5.03. The third kappa shape index (κ3) is 3.98. The van der Waals surface area contributed by atoms with Gasteiger partial charge in [0.05, 0.1) is 24.2 Å². The number of hydrogen-bond acceptors (Lipinski definition) is 6. The number of nitrogens with zero attached hydrogens (tertiary/aromatic N) is 1. The van der Waals surface area contributed by atoms with Gasteiger partial charge in [-0.1, -0.05) is 0 Å². The molecule has 1 aromatic carbocycles. The highest BCUT2D eigenvalue weighted by atomic mass is 16.5. The first-order chi connectivity index (χ1) is 14.0. The van der Waals surface area contributed by atoms with Crippen molar-refractivity contribution in [2.45, 2.75) is 31.8 Å². The van der Waals surface area contributed by atoms with Crippen LogP contribution in [0.3, 0.4) is 0 Å². The van der Waals surface area contributed by atoms with Crippen LogP contribution in [0.1, 0.15) is 36.0 Å². The highest BCUT2D eigenvalue weighted by Crippen LogP contribution is 2.34. The summed E-state index contributed by atoms with van der Waals surface area (Å²) in [5.41, 5.74) is -0.432. The lowest BCUT2D eigenvalue weighted by Gasteiger charge is -2.17. The van der Waals surface area contributed by atoms with Gasteiger partial charge in [0.25, 0.3) is 11.5 Å². The van der Waals surface area contributed by atoms with E-state index in [0.29, 0.717) is 17.2 Å². The molecule has 4 rings (SSSR count). The lowest BCUT2D eigenvalue weighted by molar-refractivity contribution is 0.102. The molecule has 0 atom stereocenters. The van der Waals surface area contributed by atoms with Crippen molar-refractivity contribution in [3.63, 3.8) is 0 Å². The molecule has 3 aromatic rings. The Balaban J connectivity index is 1.58. The summed E-state index contributed by atoms with van der Waals surface area (Å²) in [6.45, 7) is 0. The maximum Gasteiger partial charge on any atom is 0.327 e. The standard InChI is InChI=1S/C20H20N4O5/c1-28-15-7-6-12(9-16(15)29-13-4-2-3-5-13)22-18(25)11-8-14-17(21-10-11)23-20(27)24-19(14)26/h6-10,13H,2-5H2,1H3,(H,22,25)(H2,21,23,24,26,27). The van der Waals surface area contributed by atoms with E-state index in [2.05, 4.69) is 20.3 Å².